The largest absolute Gasteiger partial charge is 0.459 e. The van der Waals surface area contributed by atoms with Crippen LogP contribution in [0, 0.1) is 5.95 Å². The molecule has 0 bridgehead atoms. The first kappa shape index (κ1) is 17.1. The van der Waals surface area contributed by atoms with Crippen molar-refractivity contribution in [2.24, 2.45) is 0 Å². The van der Waals surface area contributed by atoms with Crippen LogP contribution in [0.3, 0.4) is 0 Å². The van der Waals surface area contributed by atoms with Gasteiger partial charge in [0.05, 0.1) is 0 Å². The number of hydrogen-bond donors (Lipinski definition) is 0. The van der Waals surface area contributed by atoms with Crippen molar-refractivity contribution in [2.45, 2.75) is 18.3 Å². The van der Waals surface area contributed by atoms with Crippen molar-refractivity contribution in [2.75, 3.05) is 0 Å². The summed E-state index contributed by atoms with van der Waals surface area (Å²) in [6.07, 6.45) is -11.2. The number of halogens is 9. The normalized spacial score (nSPS) is 13.4. The molecule has 3 nitrogen and oxygen atoms in total. The zero-order valence-electron chi connectivity index (χ0n) is 10.6. The molecular formula is C11H4F9N3. The molecule has 2 aromatic heterocycles. The van der Waals surface area contributed by atoms with Crippen molar-refractivity contribution in [1.29, 1.82) is 0 Å². The number of pyridine rings is 1. The Hall–Kier alpha value is -2.27. The SMILES string of the molecule is Fc1c(C(F)(F)F)c(C(F)(F)C(F)(F)F)nn1-c1ccccn1. The monoisotopic (exact) mass is 349 g/mol. The standard InChI is InChI=1S/C11H4F9N3/c12-8-6(10(15,16)17)7(9(13,14)11(18,19)20)22-23(8)5-3-1-2-4-21-5/h1-4H. The van der Waals surface area contributed by atoms with E-state index in [0.29, 0.717) is 0 Å². The van der Waals surface area contributed by atoms with Crippen LogP contribution in [0.2, 0.25) is 0 Å². The summed E-state index contributed by atoms with van der Waals surface area (Å²) in [6, 6.07) is 3.30. The van der Waals surface area contributed by atoms with Crippen molar-refractivity contribution in [3.63, 3.8) is 0 Å². The molecule has 0 radical (unpaired) electrons. The van der Waals surface area contributed by atoms with Crippen molar-refractivity contribution >= 4 is 0 Å². The van der Waals surface area contributed by atoms with E-state index in [1.54, 1.807) is 0 Å². The first-order valence-corrected chi connectivity index (χ1v) is 5.59. The molecule has 0 aliphatic heterocycles. The summed E-state index contributed by atoms with van der Waals surface area (Å²) in [5.74, 6) is -9.12. The molecule has 126 valence electrons. The van der Waals surface area contributed by atoms with E-state index in [4.69, 9.17) is 0 Å². The molecule has 2 aromatic rings. The molecule has 0 aromatic carbocycles. The van der Waals surface area contributed by atoms with Gasteiger partial charge >= 0.3 is 18.3 Å². The topological polar surface area (TPSA) is 30.7 Å². The fourth-order valence-electron chi connectivity index (χ4n) is 1.63. The second kappa shape index (κ2) is 5.13. The molecule has 0 unspecified atom stereocenters. The third-order valence-corrected chi connectivity index (χ3v) is 2.63. The maximum absolute atomic E-state index is 13.8. The van der Waals surface area contributed by atoms with E-state index in [2.05, 4.69) is 10.1 Å². The molecule has 0 spiro atoms. The van der Waals surface area contributed by atoms with Crippen LogP contribution in [0.1, 0.15) is 11.3 Å². The fraction of sp³-hybridized carbons (Fsp3) is 0.273. The highest BCUT2D eigenvalue weighted by molar-refractivity contribution is 5.32. The maximum atomic E-state index is 13.8. The summed E-state index contributed by atoms with van der Waals surface area (Å²) in [7, 11) is 0. The van der Waals surface area contributed by atoms with Gasteiger partial charge in [0.2, 0.25) is 5.95 Å². The van der Waals surface area contributed by atoms with Crippen LogP contribution in [-0.2, 0) is 12.1 Å². The van der Waals surface area contributed by atoms with E-state index in [9.17, 15) is 39.5 Å². The minimum absolute atomic E-state index is 0.363. The highest BCUT2D eigenvalue weighted by atomic mass is 19.4. The van der Waals surface area contributed by atoms with Gasteiger partial charge in [0.1, 0.15) is 5.56 Å². The average molecular weight is 349 g/mol. The molecule has 0 atom stereocenters. The van der Waals surface area contributed by atoms with Crippen LogP contribution >= 0.6 is 0 Å². The first-order chi connectivity index (χ1) is 10.4. The number of hydrogen-bond acceptors (Lipinski definition) is 2. The second-order valence-corrected chi connectivity index (χ2v) is 4.18. The molecule has 0 amide bonds. The van der Waals surface area contributed by atoms with E-state index >= 15 is 0 Å². The van der Waals surface area contributed by atoms with Gasteiger partial charge in [0, 0.05) is 6.20 Å². The quantitative estimate of drug-likeness (QED) is 0.765. The molecule has 0 aliphatic carbocycles. The molecule has 12 heteroatoms. The van der Waals surface area contributed by atoms with Crippen molar-refractivity contribution in [3.8, 4) is 5.82 Å². The maximum Gasteiger partial charge on any atom is 0.459 e. The molecule has 0 saturated carbocycles. The van der Waals surface area contributed by atoms with Crippen LogP contribution in [0.15, 0.2) is 24.4 Å². The molecule has 0 fully saturated rings. The Bertz CT molecular complexity index is 700. The summed E-state index contributed by atoms with van der Waals surface area (Å²) in [6.45, 7) is 0. The van der Waals surface area contributed by atoms with Gasteiger partial charge in [0.15, 0.2) is 11.5 Å². The zero-order chi connectivity index (χ0) is 17.6. The van der Waals surface area contributed by atoms with Crippen LogP contribution in [0.25, 0.3) is 5.82 Å². The van der Waals surface area contributed by atoms with Gasteiger partial charge in [-0.25, -0.2) is 4.98 Å². The number of rotatable bonds is 2. The molecule has 0 saturated heterocycles. The highest BCUT2D eigenvalue weighted by Gasteiger charge is 2.64. The molecule has 23 heavy (non-hydrogen) atoms. The Balaban J connectivity index is 2.78. The first-order valence-electron chi connectivity index (χ1n) is 5.59. The lowest BCUT2D eigenvalue weighted by Crippen LogP contribution is -2.36. The lowest BCUT2D eigenvalue weighted by atomic mass is 10.1. The summed E-state index contributed by atoms with van der Waals surface area (Å²) in [5, 5.41) is 2.47. The Morgan fingerprint density at radius 2 is 1.52 bits per heavy atom. The van der Waals surface area contributed by atoms with E-state index in [0.717, 1.165) is 18.3 Å². The molecule has 2 heterocycles. The Kier molecular flexibility index (Phi) is 3.81. The summed E-state index contributed by atoms with van der Waals surface area (Å²) >= 11 is 0. The van der Waals surface area contributed by atoms with Gasteiger partial charge in [0.25, 0.3) is 0 Å². The van der Waals surface area contributed by atoms with E-state index < -0.39 is 41.3 Å². The van der Waals surface area contributed by atoms with Crippen molar-refractivity contribution in [3.05, 3.63) is 41.6 Å². The Morgan fingerprint density at radius 3 is 1.96 bits per heavy atom. The number of alkyl halides is 8. The van der Waals surface area contributed by atoms with Gasteiger partial charge in [-0.2, -0.15) is 49.3 Å². The predicted octanol–water partition coefficient (Wildman–Crippen LogP) is 4.08. The predicted molar refractivity (Wildman–Crippen MR) is 56.3 cm³/mol. The lowest BCUT2D eigenvalue weighted by Gasteiger charge is -2.19. The van der Waals surface area contributed by atoms with Crippen molar-refractivity contribution in [1.82, 2.24) is 14.8 Å². The summed E-state index contributed by atoms with van der Waals surface area (Å²) < 4.78 is 115. The molecule has 2 rings (SSSR count). The third kappa shape index (κ3) is 2.84. The fourth-order valence-corrected chi connectivity index (χ4v) is 1.63. The van der Waals surface area contributed by atoms with Crippen LogP contribution in [0.5, 0.6) is 0 Å². The summed E-state index contributed by atoms with van der Waals surface area (Å²) in [5.41, 5.74) is -5.58. The minimum Gasteiger partial charge on any atom is -0.237 e. The Labute approximate surface area is 121 Å². The minimum atomic E-state index is -6.39. The van der Waals surface area contributed by atoms with Gasteiger partial charge in [-0.3, -0.25) is 0 Å². The van der Waals surface area contributed by atoms with E-state index in [1.807, 2.05) is 0 Å². The lowest BCUT2D eigenvalue weighted by molar-refractivity contribution is -0.292. The van der Waals surface area contributed by atoms with Crippen LogP contribution < -0.4 is 0 Å². The molecule has 0 N–H and O–H groups in total. The smallest absolute Gasteiger partial charge is 0.237 e. The number of nitrogens with zero attached hydrogens (tertiary/aromatic N) is 3. The van der Waals surface area contributed by atoms with Gasteiger partial charge in [-0.05, 0) is 12.1 Å². The van der Waals surface area contributed by atoms with E-state index in [1.165, 1.54) is 6.07 Å². The van der Waals surface area contributed by atoms with Crippen LogP contribution in [-0.4, -0.2) is 20.9 Å². The molecule has 0 aliphatic rings. The van der Waals surface area contributed by atoms with Gasteiger partial charge in [-0.15, -0.1) is 0 Å². The average Bonchev–Trinajstić information content (AvgIpc) is 2.76. The zero-order valence-corrected chi connectivity index (χ0v) is 10.6. The van der Waals surface area contributed by atoms with Gasteiger partial charge in [-0.1, -0.05) is 6.07 Å². The highest BCUT2D eigenvalue weighted by Crippen LogP contribution is 2.48. The van der Waals surface area contributed by atoms with Crippen LogP contribution in [0.4, 0.5) is 39.5 Å². The summed E-state index contributed by atoms with van der Waals surface area (Å²) in [4.78, 5) is 3.36. The van der Waals surface area contributed by atoms with Crippen molar-refractivity contribution < 1.29 is 39.5 Å². The van der Waals surface area contributed by atoms with E-state index in [-0.39, 0.29) is 4.68 Å². The Morgan fingerprint density at radius 1 is 0.913 bits per heavy atom. The second-order valence-electron chi connectivity index (χ2n) is 4.18. The number of aromatic nitrogens is 3. The van der Waals surface area contributed by atoms with Gasteiger partial charge < -0.3 is 0 Å². The molecular weight excluding hydrogens is 345 g/mol. The third-order valence-electron chi connectivity index (χ3n) is 2.63.